The smallest absolute Gasteiger partial charge is 0.300 e. The Morgan fingerprint density at radius 2 is 1.79 bits per heavy atom. The number of halogens is 2. The van der Waals surface area contributed by atoms with Crippen LogP contribution in [0.4, 0.5) is 14.5 Å². The van der Waals surface area contributed by atoms with Gasteiger partial charge in [-0.15, -0.1) is 11.3 Å². The number of thiophene rings is 1. The van der Waals surface area contributed by atoms with E-state index in [1.165, 1.54) is 17.4 Å². The van der Waals surface area contributed by atoms with Gasteiger partial charge in [0.2, 0.25) is 0 Å². The van der Waals surface area contributed by atoms with E-state index in [2.05, 4.69) is 0 Å². The Hall–Kier alpha value is -3.72. The van der Waals surface area contributed by atoms with Crippen LogP contribution in [0.2, 0.25) is 0 Å². The SMILES string of the molecule is CCOc1ccc(/C(O)=C2/C(=O)C(=O)N(c3ccc(F)c(F)c3)C2c2cccs2)c(OCC)c1. The predicted molar refractivity (Wildman–Crippen MR) is 124 cm³/mol. The van der Waals surface area contributed by atoms with Crippen LogP contribution in [-0.4, -0.2) is 30.0 Å². The van der Waals surface area contributed by atoms with Crippen LogP contribution in [-0.2, 0) is 9.59 Å². The van der Waals surface area contributed by atoms with Crippen molar-refractivity contribution in [3.05, 3.63) is 81.6 Å². The number of aliphatic hydroxyl groups is 1. The number of hydrogen-bond donors (Lipinski definition) is 1. The number of aliphatic hydroxyl groups excluding tert-OH is 1. The van der Waals surface area contributed by atoms with E-state index < -0.39 is 35.1 Å². The molecule has 34 heavy (non-hydrogen) atoms. The number of benzene rings is 2. The van der Waals surface area contributed by atoms with Gasteiger partial charge in [-0.2, -0.15) is 0 Å². The average Bonchev–Trinajstić information content (AvgIpc) is 3.43. The lowest BCUT2D eigenvalue weighted by Gasteiger charge is -2.24. The highest BCUT2D eigenvalue weighted by molar-refractivity contribution is 7.10. The molecular weight excluding hydrogens is 464 g/mol. The second kappa shape index (κ2) is 9.64. The zero-order chi connectivity index (χ0) is 24.4. The van der Waals surface area contributed by atoms with E-state index in [0.29, 0.717) is 17.2 Å². The van der Waals surface area contributed by atoms with Crippen molar-refractivity contribution in [1.82, 2.24) is 0 Å². The standard InChI is InChI=1S/C25H21F2NO5S/c1-3-32-15-8-9-16(19(13-15)33-4-2)23(29)21-22(20-6-5-11-34-20)28(25(31)24(21)30)14-7-10-17(26)18(27)12-14/h5-13,22,29H,3-4H2,1-2H3/b23-21-. The Labute approximate surface area is 198 Å². The molecule has 176 valence electrons. The predicted octanol–water partition coefficient (Wildman–Crippen LogP) is 5.45. The van der Waals surface area contributed by atoms with Crippen LogP contribution in [0.3, 0.4) is 0 Å². The van der Waals surface area contributed by atoms with E-state index in [9.17, 15) is 23.5 Å². The molecule has 1 atom stereocenters. The summed E-state index contributed by atoms with van der Waals surface area (Å²) in [6, 6.07) is 10.1. The van der Waals surface area contributed by atoms with Crippen LogP contribution in [0.1, 0.15) is 30.3 Å². The van der Waals surface area contributed by atoms with Gasteiger partial charge in [-0.05, 0) is 49.6 Å². The van der Waals surface area contributed by atoms with Gasteiger partial charge in [-0.3, -0.25) is 14.5 Å². The molecule has 3 aromatic rings. The van der Waals surface area contributed by atoms with Crippen LogP contribution in [0.15, 0.2) is 59.5 Å². The van der Waals surface area contributed by atoms with E-state index in [4.69, 9.17) is 9.47 Å². The Kier molecular flexibility index (Phi) is 6.65. The van der Waals surface area contributed by atoms with E-state index in [0.717, 1.165) is 17.0 Å². The number of anilines is 1. The number of carbonyl (C=O) groups is 2. The molecule has 0 radical (unpaired) electrons. The molecule has 2 heterocycles. The lowest BCUT2D eigenvalue weighted by Crippen LogP contribution is -2.29. The fraction of sp³-hybridized carbons (Fsp3) is 0.200. The highest BCUT2D eigenvalue weighted by atomic mass is 32.1. The molecule has 1 unspecified atom stereocenters. The average molecular weight is 486 g/mol. The third-order valence-corrected chi connectivity index (χ3v) is 6.18. The largest absolute Gasteiger partial charge is 0.507 e. The Balaban J connectivity index is 1.91. The highest BCUT2D eigenvalue weighted by Gasteiger charge is 2.47. The maximum absolute atomic E-state index is 14.0. The van der Waals surface area contributed by atoms with Crippen molar-refractivity contribution in [2.45, 2.75) is 19.9 Å². The lowest BCUT2D eigenvalue weighted by molar-refractivity contribution is -0.132. The Bertz CT molecular complexity index is 1270. The molecule has 0 saturated carbocycles. The number of amides is 1. The van der Waals surface area contributed by atoms with Gasteiger partial charge in [-0.25, -0.2) is 8.78 Å². The summed E-state index contributed by atoms with van der Waals surface area (Å²) in [5.41, 5.74) is 0.0209. The molecule has 1 aliphatic rings. The van der Waals surface area contributed by atoms with E-state index in [1.807, 2.05) is 6.92 Å². The molecular formula is C25H21F2NO5S. The highest BCUT2D eigenvalue weighted by Crippen LogP contribution is 2.45. The van der Waals surface area contributed by atoms with Gasteiger partial charge >= 0.3 is 0 Å². The molecule has 4 rings (SSSR count). The Morgan fingerprint density at radius 1 is 1.03 bits per heavy atom. The van der Waals surface area contributed by atoms with Crippen molar-refractivity contribution in [3.8, 4) is 11.5 Å². The number of Topliss-reactive ketones (excluding diaryl/α,β-unsaturated/α-hetero) is 1. The molecule has 9 heteroatoms. The van der Waals surface area contributed by atoms with Gasteiger partial charge in [0.15, 0.2) is 11.6 Å². The second-order valence-corrected chi connectivity index (χ2v) is 8.29. The molecule has 2 aromatic carbocycles. The molecule has 1 saturated heterocycles. The van der Waals surface area contributed by atoms with E-state index >= 15 is 0 Å². The van der Waals surface area contributed by atoms with Gasteiger partial charge in [0, 0.05) is 22.7 Å². The molecule has 1 N–H and O–H groups in total. The molecule has 0 aliphatic carbocycles. The number of rotatable bonds is 7. The summed E-state index contributed by atoms with van der Waals surface area (Å²) in [6.45, 7) is 4.31. The minimum absolute atomic E-state index is 0.00447. The molecule has 1 aliphatic heterocycles. The van der Waals surface area contributed by atoms with E-state index in [1.54, 1.807) is 42.6 Å². The zero-order valence-corrected chi connectivity index (χ0v) is 19.2. The maximum atomic E-state index is 14.0. The Morgan fingerprint density at radius 3 is 2.44 bits per heavy atom. The molecule has 6 nitrogen and oxygen atoms in total. The van der Waals surface area contributed by atoms with Crippen LogP contribution in [0.25, 0.3) is 5.76 Å². The first kappa shape index (κ1) is 23.4. The summed E-state index contributed by atoms with van der Waals surface area (Å²) >= 11 is 1.26. The number of ether oxygens (including phenoxy) is 2. The molecule has 1 fully saturated rings. The number of ketones is 1. The first-order valence-electron chi connectivity index (χ1n) is 10.6. The number of hydrogen-bond acceptors (Lipinski definition) is 6. The van der Waals surface area contributed by atoms with Crippen LogP contribution in [0, 0.1) is 11.6 Å². The van der Waals surface area contributed by atoms with Crippen molar-refractivity contribution >= 4 is 34.5 Å². The molecule has 0 bridgehead atoms. The van der Waals surface area contributed by atoms with Gasteiger partial charge in [0.05, 0.1) is 24.4 Å². The number of carbonyl (C=O) groups excluding carboxylic acids is 2. The first-order chi connectivity index (χ1) is 16.4. The quantitative estimate of drug-likeness (QED) is 0.274. The lowest BCUT2D eigenvalue weighted by atomic mass is 9.99. The summed E-state index contributed by atoms with van der Waals surface area (Å²) in [4.78, 5) is 27.9. The third kappa shape index (κ3) is 4.14. The molecule has 0 spiro atoms. The van der Waals surface area contributed by atoms with Crippen molar-refractivity contribution in [2.75, 3.05) is 18.1 Å². The van der Waals surface area contributed by atoms with Crippen molar-refractivity contribution < 1.29 is 33.0 Å². The summed E-state index contributed by atoms with van der Waals surface area (Å²) in [5, 5.41) is 13.1. The summed E-state index contributed by atoms with van der Waals surface area (Å²) in [6.07, 6.45) is 0. The van der Waals surface area contributed by atoms with Crippen LogP contribution < -0.4 is 14.4 Å². The third-order valence-electron chi connectivity index (χ3n) is 5.26. The van der Waals surface area contributed by atoms with Gasteiger partial charge < -0.3 is 14.6 Å². The fourth-order valence-electron chi connectivity index (χ4n) is 3.82. The summed E-state index contributed by atoms with van der Waals surface area (Å²) < 4.78 is 38.7. The van der Waals surface area contributed by atoms with Crippen molar-refractivity contribution in [2.24, 2.45) is 0 Å². The fourth-order valence-corrected chi connectivity index (χ4v) is 4.65. The van der Waals surface area contributed by atoms with Crippen molar-refractivity contribution in [3.63, 3.8) is 0 Å². The van der Waals surface area contributed by atoms with Crippen molar-refractivity contribution in [1.29, 1.82) is 0 Å². The summed E-state index contributed by atoms with van der Waals surface area (Å²) in [7, 11) is 0. The minimum atomic E-state index is -1.16. The second-order valence-electron chi connectivity index (χ2n) is 7.31. The van der Waals surface area contributed by atoms with Gasteiger partial charge in [-0.1, -0.05) is 6.07 Å². The monoisotopic (exact) mass is 485 g/mol. The molecule has 1 aromatic heterocycles. The summed E-state index contributed by atoms with van der Waals surface area (Å²) in [5.74, 6) is -3.80. The van der Waals surface area contributed by atoms with E-state index in [-0.39, 0.29) is 29.2 Å². The first-order valence-corrected chi connectivity index (χ1v) is 11.4. The zero-order valence-electron chi connectivity index (χ0n) is 18.4. The van der Waals surface area contributed by atoms with Crippen LogP contribution in [0.5, 0.6) is 11.5 Å². The topological polar surface area (TPSA) is 76.1 Å². The van der Waals surface area contributed by atoms with Gasteiger partial charge in [0.25, 0.3) is 11.7 Å². The molecule has 1 amide bonds. The number of nitrogens with zero attached hydrogens (tertiary/aromatic N) is 1. The van der Waals surface area contributed by atoms with Gasteiger partial charge in [0.1, 0.15) is 23.3 Å². The maximum Gasteiger partial charge on any atom is 0.300 e. The van der Waals surface area contributed by atoms with Crippen LogP contribution >= 0.6 is 11.3 Å². The normalized spacial score (nSPS) is 17.3. The minimum Gasteiger partial charge on any atom is -0.507 e.